The Balaban J connectivity index is 1.77. The zero-order valence-corrected chi connectivity index (χ0v) is 21.3. The van der Waals surface area contributed by atoms with Crippen LogP contribution in [0.3, 0.4) is 0 Å². The van der Waals surface area contributed by atoms with Crippen molar-refractivity contribution in [1.82, 2.24) is 10.2 Å². The molecule has 0 radical (unpaired) electrons. The third-order valence-electron chi connectivity index (χ3n) is 4.38. The molecule has 2 aliphatic heterocycles. The van der Waals surface area contributed by atoms with E-state index in [4.69, 9.17) is 4.43 Å². The first-order valence-electron chi connectivity index (χ1n) is 9.10. The van der Waals surface area contributed by atoms with Crippen LogP contribution in [0.2, 0.25) is 19.6 Å². The van der Waals surface area contributed by atoms with E-state index >= 15 is 0 Å². The van der Waals surface area contributed by atoms with Crippen LogP contribution in [0.4, 0.5) is 0 Å². The van der Waals surface area contributed by atoms with E-state index in [0.29, 0.717) is 5.33 Å². The number of benzene rings is 1. The molecule has 2 amide bonds. The molecule has 2 heterocycles. The predicted molar refractivity (Wildman–Crippen MR) is 123 cm³/mol. The highest BCUT2D eigenvalue weighted by atomic mass is 79.9. The maximum absolute atomic E-state index is 12.9. The minimum Gasteiger partial charge on any atom is -0.515 e. The van der Waals surface area contributed by atoms with Crippen molar-refractivity contribution >= 4 is 69.7 Å². The van der Waals surface area contributed by atoms with Crippen LogP contribution in [0.15, 0.2) is 41.6 Å². The molecule has 1 saturated heterocycles. The molecule has 0 aromatic heterocycles. The Bertz CT molecular complexity index is 860. The van der Waals surface area contributed by atoms with Crippen molar-refractivity contribution in [3.63, 3.8) is 0 Å². The highest BCUT2D eigenvalue weighted by molar-refractivity contribution is 9.11. The van der Waals surface area contributed by atoms with Gasteiger partial charge in [0.2, 0.25) is 14.2 Å². The van der Waals surface area contributed by atoms with Gasteiger partial charge < -0.3 is 9.74 Å². The van der Waals surface area contributed by atoms with Gasteiger partial charge in [-0.3, -0.25) is 14.5 Å². The van der Waals surface area contributed by atoms with E-state index in [1.165, 1.54) is 16.7 Å². The first-order valence-corrected chi connectivity index (χ1v) is 15.5. The quantitative estimate of drug-likeness (QED) is 0.327. The fourth-order valence-corrected chi connectivity index (χ4v) is 7.34. The average Bonchev–Trinajstić information content (AvgIpc) is 2.64. The number of hydrogen-bond acceptors (Lipinski definition) is 5. The number of β-lactam (4-membered cyclic amide) rings is 1. The number of halogens is 2. The Morgan fingerprint density at radius 2 is 1.90 bits per heavy atom. The van der Waals surface area contributed by atoms with Gasteiger partial charge in [-0.25, -0.2) is 4.79 Å². The van der Waals surface area contributed by atoms with Gasteiger partial charge in [0.1, 0.15) is 17.1 Å². The molecule has 156 valence electrons. The monoisotopic (exact) mass is 560 g/mol. The lowest BCUT2D eigenvalue weighted by Gasteiger charge is -2.51. The maximum atomic E-state index is 12.9. The van der Waals surface area contributed by atoms with Crippen LogP contribution < -0.4 is 5.32 Å². The number of alkyl halides is 2. The smallest absolute Gasteiger partial charge is 0.341 e. The number of amides is 2. The molecule has 1 aromatic rings. The van der Waals surface area contributed by atoms with Crippen molar-refractivity contribution in [2.45, 2.75) is 41.6 Å². The second kappa shape index (κ2) is 8.95. The Kier molecular flexibility index (Phi) is 6.97. The van der Waals surface area contributed by atoms with Gasteiger partial charge in [0.05, 0.1) is 10.6 Å². The van der Waals surface area contributed by atoms with E-state index in [0.717, 1.165) is 11.1 Å². The van der Waals surface area contributed by atoms with Gasteiger partial charge in [-0.05, 0) is 30.8 Å². The van der Waals surface area contributed by atoms with Gasteiger partial charge in [0.15, 0.2) is 0 Å². The first-order chi connectivity index (χ1) is 13.6. The zero-order valence-electron chi connectivity index (χ0n) is 16.3. The van der Waals surface area contributed by atoms with E-state index in [1.54, 1.807) is 0 Å². The van der Waals surface area contributed by atoms with Gasteiger partial charge in [-0.1, -0.05) is 62.2 Å². The average molecular weight is 562 g/mol. The molecule has 1 unspecified atom stereocenters. The largest absolute Gasteiger partial charge is 0.515 e. The van der Waals surface area contributed by atoms with Gasteiger partial charge in [-0.15, -0.1) is 11.8 Å². The molecule has 6 nitrogen and oxygen atoms in total. The summed E-state index contributed by atoms with van der Waals surface area (Å²) < 4.78 is 5.51. The van der Waals surface area contributed by atoms with E-state index < -0.39 is 20.3 Å². The molecule has 1 fully saturated rings. The van der Waals surface area contributed by atoms with E-state index in [2.05, 4.69) is 37.2 Å². The summed E-state index contributed by atoms with van der Waals surface area (Å²) in [6.07, 6.45) is 0.201. The lowest BCUT2D eigenvalue weighted by Crippen LogP contribution is -2.71. The number of carbonyl (C=O) groups excluding carboxylic acids is 3. The van der Waals surface area contributed by atoms with Crippen LogP contribution in [0, 0.1) is 0 Å². The van der Waals surface area contributed by atoms with Gasteiger partial charge >= 0.3 is 5.97 Å². The van der Waals surface area contributed by atoms with Gasteiger partial charge in [-0.2, -0.15) is 0 Å². The van der Waals surface area contributed by atoms with Crippen LogP contribution in [-0.2, 0) is 25.2 Å². The fourth-order valence-electron chi connectivity index (χ4n) is 3.13. The molecule has 0 bridgehead atoms. The molecular weight excluding hydrogens is 540 g/mol. The summed E-state index contributed by atoms with van der Waals surface area (Å²) in [6.45, 7) is 5.76. The first kappa shape index (κ1) is 22.6. The van der Waals surface area contributed by atoms with Crippen molar-refractivity contribution in [3.8, 4) is 0 Å². The number of rotatable bonds is 6. The van der Waals surface area contributed by atoms with E-state index in [1.807, 2.05) is 50.0 Å². The summed E-state index contributed by atoms with van der Waals surface area (Å²) >= 11 is 8.51. The standard InChI is InChI=1S/C19H22Br2N2O4SSi/c1-29(2,3)27-19(26)15-12(10-20)16(21)28-18-14(17(25)23(15)18)22-13(24)9-11-7-5-4-6-8-11/h4-8,14,16,18H,9-10H2,1-3H3,(H,22,24)/t14-,16?,18-/m1/s1. The second-order valence-corrected chi connectivity index (χ2v) is 15.5. The number of hydrogen-bond donors (Lipinski definition) is 1. The highest BCUT2D eigenvalue weighted by Gasteiger charge is 2.56. The van der Waals surface area contributed by atoms with Crippen LogP contribution >= 0.6 is 43.6 Å². The molecule has 29 heavy (non-hydrogen) atoms. The maximum Gasteiger partial charge on any atom is 0.341 e. The van der Waals surface area contributed by atoms with E-state index in [-0.39, 0.29) is 33.5 Å². The summed E-state index contributed by atoms with van der Waals surface area (Å²) in [4.78, 5) is 39.6. The van der Waals surface area contributed by atoms with Crippen molar-refractivity contribution in [3.05, 3.63) is 47.2 Å². The van der Waals surface area contributed by atoms with Crippen molar-refractivity contribution in [2.24, 2.45) is 0 Å². The molecule has 0 spiro atoms. The van der Waals surface area contributed by atoms with E-state index in [9.17, 15) is 14.4 Å². The Morgan fingerprint density at radius 3 is 2.48 bits per heavy atom. The fraction of sp³-hybridized carbons (Fsp3) is 0.421. The SMILES string of the molecule is C[Si](C)(C)OC(=O)C1=C(CBr)C(Br)S[C@@H]2[C@H](NC(=O)Cc3ccccc3)C(=O)N12. The zero-order chi connectivity index (χ0) is 21.3. The second-order valence-electron chi connectivity index (χ2n) is 7.77. The lowest BCUT2D eigenvalue weighted by atomic mass is 10.0. The minimum atomic E-state index is -2.13. The molecule has 1 aromatic carbocycles. The summed E-state index contributed by atoms with van der Waals surface area (Å²) in [7, 11) is -2.13. The van der Waals surface area contributed by atoms with Crippen molar-refractivity contribution in [2.75, 3.05) is 5.33 Å². The predicted octanol–water partition coefficient (Wildman–Crippen LogP) is 3.38. The van der Waals surface area contributed by atoms with Crippen LogP contribution in [-0.4, -0.2) is 51.9 Å². The highest BCUT2D eigenvalue weighted by Crippen LogP contribution is 2.47. The molecule has 1 N–H and O–H groups in total. The molecule has 3 rings (SSSR count). The van der Waals surface area contributed by atoms with Gasteiger partial charge in [0.25, 0.3) is 5.91 Å². The summed E-state index contributed by atoms with van der Waals surface area (Å²) in [5, 5.41) is 2.91. The number of thioether (sulfide) groups is 1. The van der Waals surface area contributed by atoms with Gasteiger partial charge in [0, 0.05) is 5.33 Å². The summed E-state index contributed by atoms with van der Waals surface area (Å²) in [6, 6.07) is 8.70. The number of carbonyl (C=O) groups is 3. The number of nitrogens with one attached hydrogen (secondary N) is 1. The molecule has 0 saturated carbocycles. The third-order valence-corrected chi connectivity index (χ3v) is 8.27. The van der Waals surface area contributed by atoms with Crippen LogP contribution in [0.5, 0.6) is 0 Å². The molecular formula is C19H22Br2N2O4SSi. The number of fused-ring (bicyclic) bond motifs is 1. The molecule has 3 atom stereocenters. The summed E-state index contributed by atoms with van der Waals surface area (Å²) in [5.41, 5.74) is 1.93. The summed E-state index contributed by atoms with van der Waals surface area (Å²) in [5.74, 6) is -0.984. The number of nitrogens with zero attached hydrogens (tertiary/aromatic N) is 1. The lowest BCUT2D eigenvalue weighted by molar-refractivity contribution is -0.150. The van der Waals surface area contributed by atoms with Crippen LogP contribution in [0.25, 0.3) is 0 Å². The molecule has 0 aliphatic carbocycles. The Labute approximate surface area is 192 Å². The Morgan fingerprint density at radius 1 is 1.24 bits per heavy atom. The van der Waals surface area contributed by atoms with Crippen molar-refractivity contribution < 1.29 is 18.8 Å². The topological polar surface area (TPSA) is 75.7 Å². The van der Waals surface area contributed by atoms with Crippen LogP contribution in [0.1, 0.15) is 5.56 Å². The normalized spacial score (nSPS) is 24.0. The Hall–Kier alpha value is -1.10. The molecule has 10 heteroatoms. The minimum absolute atomic E-state index is 0.158. The molecule has 2 aliphatic rings. The van der Waals surface area contributed by atoms with Crippen molar-refractivity contribution in [1.29, 1.82) is 0 Å². The third kappa shape index (κ3) is 4.97.